The summed E-state index contributed by atoms with van der Waals surface area (Å²) in [6.45, 7) is 1.59. The predicted molar refractivity (Wildman–Crippen MR) is 121 cm³/mol. The number of ether oxygens (including phenoxy) is 5. The van der Waals surface area contributed by atoms with Crippen molar-refractivity contribution < 1.29 is 33.9 Å². The fourth-order valence-electron chi connectivity index (χ4n) is 5.55. The Bertz CT molecular complexity index is 991. The van der Waals surface area contributed by atoms with Gasteiger partial charge in [0.2, 0.25) is 0 Å². The molecule has 0 amide bonds. The molecule has 3 heterocycles. The molecule has 0 saturated carbocycles. The van der Waals surface area contributed by atoms with Gasteiger partial charge in [-0.25, -0.2) is 0 Å². The summed E-state index contributed by atoms with van der Waals surface area (Å²) in [6, 6.07) is 9.29. The van der Waals surface area contributed by atoms with Crippen LogP contribution in [0.25, 0.3) is 0 Å². The van der Waals surface area contributed by atoms with E-state index in [0.29, 0.717) is 49.1 Å². The Morgan fingerprint density at radius 2 is 1.82 bits per heavy atom. The van der Waals surface area contributed by atoms with Crippen molar-refractivity contribution >= 4 is 0 Å². The van der Waals surface area contributed by atoms with Crippen LogP contribution >= 0.6 is 0 Å². The van der Waals surface area contributed by atoms with Gasteiger partial charge >= 0.3 is 0 Å². The first-order chi connectivity index (χ1) is 16.1. The highest BCUT2D eigenvalue weighted by molar-refractivity contribution is 5.52. The first kappa shape index (κ1) is 22.3. The molecule has 7 heteroatoms. The van der Waals surface area contributed by atoms with Crippen LogP contribution in [0.2, 0.25) is 0 Å². The number of rotatable bonds is 6. The summed E-state index contributed by atoms with van der Waals surface area (Å²) in [5.74, 6) is 2.13. The number of hydrogen-bond acceptors (Lipinski definition) is 7. The van der Waals surface area contributed by atoms with Crippen molar-refractivity contribution in [2.75, 3.05) is 34.0 Å². The Morgan fingerprint density at radius 1 is 1.00 bits per heavy atom. The van der Waals surface area contributed by atoms with Crippen LogP contribution in [-0.2, 0) is 11.2 Å². The van der Waals surface area contributed by atoms with Crippen molar-refractivity contribution in [3.8, 4) is 23.0 Å². The molecule has 178 valence electrons. The van der Waals surface area contributed by atoms with E-state index < -0.39 is 12.2 Å². The minimum absolute atomic E-state index is 0.277. The molecular weight excluding hydrogens is 424 g/mol. The second-order valence-electron chi connectivity index (χ2n) is 9.04. The van der Waals surface area contributed by atoms with E-state index in [2.05, 4.69) is 0 Å². The van der Waals surface area contributed by atoms with Gasteiger partial charge in [-0.1, -0.05) is 0 Å². The molecule has 2 N–H and O–H groups in total. The standard InChI is InChI=1S/C26H32O7/c1-29-11-4-6-21-24(18-14-32-20-8-7-15(30-2)13-17(20)25(18)27)26(28)23-16-5-3-12-31-19(16)9-10-22(23)33-21/h7-10,13,18,21,24-28H,3-6,11-12,14H2,1-2H3/t18-,21+,24-,25-,26+/m1/s1. The third kappa shape index (κ3) is 4.03. The molecule has 0 saturated heterocycles. The average molecular weight is 457 g/mol. The van der Waals surface area contributed by atoms with E-state index in [1.165, 1.54) is 0 Å². The van der Waals surface area contributed by atoms with Gasteiger partial charge in [0, 0.05) is 42.2 Å². The fraction of sp³-hybridized carbons (Fsp3) is 0.538. The van der Waals surface area contributed by atoms with Crippen molar-refractivity contribution in [3.05, 3.63) is 47.0 Å². The van der Waals surface area contributed by atoms with Gasteiger partial charge in [-0.15, -0.1) is 0 Å². The summed E-state index contributed by atoms with van der Waals surface area (Å²) in [7, 11) is 3.28. The maximum absolute atomic E-state index is 11.8. The number of fused-ring (bicyclic) bond motifs is 4. The van der Waals surface area contributed by atoms with Crippen molar-refractivity contribution in [1.82, 2.24) is 0 Å². The lowest BCUT2D eigenvalue weighted by atomic mass is 9.72. The van der Waals surface area contributed by atoms with E-state index >= 15 is 0 Å². The molecule has 33 heavy (non-hydrogen) atoms. The maximum Gasteiger partial charge on any atom is 0.126 e. The van der Waals surface area contributed by atoms with E-state index in [1.807, 2.05) is 30.3 Å². The summed E-state index contributed by atoms with van der Waals surface area (Å²) >= 11 is 0. The first-order valence-corrected chi connectivity index (χ1v) is 11.7. The minimum Gasteiger partial charge on any atom is -0.497 e. The highest BCUT2D eigenvalue weighted by Crippen LogP contribution is 2.52. The van der Waals surface area contributed by atoms with Crippen molar-refractivity contribution in [3.63, 3.8) is 0 Å². The van der Waals surface area contributed by atoms with Gasteiger partial charge in [-0.2, -0.15) is 0 Å². The number of aliphatic hydroxyl groups excluding tert-OH is 2. The monoisotopic (exact) mass is 456 g/mol. The molecule has 0 radical (unpaired) electrons. The Morgan fingerprint density at radius 3 is 2.64 bits per heavy atom. The van der Waals surface area contributed by atoms with Gasteiger partial charge < -0.3 is 33.9 Å². The van der Waals surface area contributed by atoms with E-state index in [1.54, 1.807) is 14.2 Å². The Hall–Kier alpha value is -2.48. The van der Waals surface area contributed by atoms with Gasteiger partial charge in [0.15, 0.2) is 0 Å². The number of aliphatic hydroxyl groups is 2. The van der Waals surface area contributed by atoms with Crippen LogP contribution < -0.4 is 18.9 Å². The topological polar surface area (TPSA) is 86.6 Å². The largest absolute Gasteiger partial charge is 0.497 e. The minimum atomic E-state index is -0.811. The Balaban J connectivity index is 1.52. The molecule has 5 atom stereocenters. The SMILES string of the molecule is COCCC[C@@H]1Oc2ccc3c(c2[C@H](O)[C@@H]1[C@H]1COc2ccc(OC)cc2[C@H]1O)CCCO3. The molecule has 7 nitrogen and oxygen atoms in total. The van der Waals surface area contributed by atoms with Crippen LogP contribution in [0.15, 0.2) is 30.3 Å². The molecule has 0 aliphatic carbocycles. The molecule has 3 aliphatic heterocycles. The van der Waals surface area contributed by atoms with Gasteiger partial charge in [-0.05, 0) is 56.0 Å². The summed E-state index contributed by atoms with van der Waals surface area (Å²) in [6.07, 6.45) is 1.35. The van der Waals surface area contributed by atoms with Gasteiger partial charge in [0.25, 0.3) is 0 Å². The molecular formula is C26H32O7. The maximum atomic E-state index is 11.8. The predicted octanol–water partition coefficient (Wildman–Crippen LogP) is 3.60. The number of benzene rings is 2. The molecule has 2 aromatic carbocycles. The molecule has 0 spiro atoms. The zero-order valence-electron chi connectivity index (χ0n) is 19.2. The molecule has 0 bridgehead atoms. The zero-order valence-corrected chi connectivity index (χ0v) is 19.2. The van der Waals surface area contributed by atoms with Crippen molar-refractivity contribution in [2.24, 2.45) is 11.8 Å². The lowest BCUT2D eigenvalue weighted by molar-refractivity contribution is -0.0892. The summed E-state index contributed by atoms with van der Waals surface area (Å²) in [5.41, 5.74) is 2.49. The lowest BCUT2D eigenvalue weighted by Crippen LogP contribution is -2.46. The normalized spacial score (nSPS) is 27.8. The van der Waals surface area contributed by atoms with E-state index in [0.717, 1.165) is 36.1 Å². The van der Waals surface area contributed by atoms with Crippen LogP contribution in [-0.4, -0.2) is 50.4 Å². The second kappa shape index (κ2) is 9.41. The summed E-state index contributed by atoms with van der Waals surface area (Å²) in [4.78, 5) is 0. The van der Waals surface area contributed by atoms with E-state index in [-0.39, 0.29) is 17.9 Å². The average Bonchev–Trinajstić information content (AvgIpc) is 2.85. The summed E-state index contributed by atoms with van der Waals surface area (Å²) in [5, 5.41) is 23.2. The third-order valence-electron chi connectivity index (χ3n) is 7.17. The van der Waals surface area contributed by atoms with E-state index in [4.69, 9.17) is 23.7 Å². The fourth-order valence-corrected chi connectivity index (χ4v) is 5.55. The highest BCUT2D eigenvalue weighted by Gasteiger charge is 2.48. The molecule has 5 rings (SSSR count). The van der Waals surface area contributed by atoms with Gasteiger partial charge in [0.1, 0.15) is 29.1 Å². The third-order valence-corrected chi connectivity index (χ3v) is 7.17. The molecule has 2 aromatic rings. The highest BCUT2D eigenvalue weighted by atomic mass is 16.5. The number of methoxy groups -OCH3 is 2. The van der Waals surface area contributed by atoms with Gasteiger partial charge in [0.05, 0.1) is 32.5 Å². The van der Waals surface area contributed by atoms with Crippen LogP contribution in [0.1, 0.15) is 48.2 Å². The van der Waals surface area contributed by atoms with Gasteiger partial charge in [-0.3, -0.25) is 0 Å². The molecule has 3 aliphatic rings. The molecule has 0 fully saturated rings. The first-order valence-electron chi connectivity index (χ1n) is 11.7. The molecule has 0 aromatic heterocycles. The van der Waals surface area contributed by atoms with Crippen molar-refractivity contribution in [1.29, 1.82) is 0 Å². The smallest absolute Gasteiger partial charge is 0.126 e. The lowest BCUT2D eigenvalue weighted by Gasteiger charge is -2.45. The van der Waals surface area contributed by atoms with E-state index in [9.17, 15) is 10.2 Å². The van der Waals surface area contributed by atoms with Crippen molar-refractivity contribution in [2.45, 2.75) is 44.0 Å². The number of hydrogen-bond donors (Lipinski definition) is 2. The van der Waals surface area contributed by atoms with Crippen LogP contribution in [0, 0.1) is 11.8 Å². The van der Waals surface area contributed by atoms with Crippen LogP contribution in [0.5, 0.6) is 23.0 Å². The zero-order chi connectivity index (χ0) is 22.9. The Kier molecular flexibility index (Phi) is 6.36. The second-order valence-corrected chi connectivity index (χ2v) is 9.04. The summed E-state index contributed by atoms with van der Waals surface area (Å²) < 4.78 is 29.0. The Labute approximate surface area is 194 Å². The van der Waals surface area contributed by atoms with Crippen LogP contribution in [0.3, 0.4) is 0 Å². The quantitative estimate of drug-likeness (QED) is 0.643. The van der Waals surface area contributed by atoms with Crippen LogP contribution in [0.4, 0.5) is 0 Å². The molecule has 0 unspecified atom stereocenters.